The average Bonchev–Trinajstić information content (AvgIpc) is 3.01. The number of furan rings is 1. The van der Waals surface area contributed by atoms with Crippen molar-refractivity contribution in [3.63, 3.8) is 0 Å². The molecule has 21 heavy (non-hydrogen) atoms. The number of aromatic amines is 1. The maximum absolute atomic E-state index is 12.1. The Morgan fingerprint density at radius 3 is 3.00 bits per heavy atom. The summed E-state index contributed by atoms with van der Waals surface area (Å²) in [6.07, 6.45) is 2.84. The molecule has 0 atom stereocenters. The molecule has 0 aliphatic carbocycles. The third-order valence-corrected chi connectivity index (χ3v) is 3.38. The van der Waals surface area contributed by atoms with E-state index in [1.165, 1.54) is 6.33 Å². The first-order chi connectivity index (χ1) is 10.2. The van der Waals surface area contributed by atoms with Gasteiger partial charge in [-0.05, 0) is 18.6 Å². The van der Waals surface area contributed by atoms with Gasteiger partial charge in [-0.25, -0.2) is 4.98 Å². The molecule has 0 radical (unpaired) electrons. The van der Waals surface area contributed by atoms with Crippen molar-refractivity contribution in [2.75, 3.05) is 6.54 Å². The fourth-order valence-corrected chi connectivity index (χ4v) is 2.49. The van der Waals surface area contributed by atoms with Crippen molar-refractivity contribution < 1.29 is 4.42 Å². The zero-order valence-electron chi connectivity index (χ0n) is 11.4. The van der Waals surface area contributed by atoms with Crippen LogP contribution in [-0.4, -0.2) is 21.1 Å². The van der Waals surface area contributed by atoms with Crippen molar-refractivity contribution >= 4 is 11.0 Å². The highest BCUT2D eigenvalue weighted by molar-refractivity contribution is 5.90. The second kappa shape index (κ2) is 4.92. The van der Waals surface area contributed by atoms with Crippen LogP contribution in [0, 0.1) is 18.3 Å². The molecule has 0 saturated heterocycles. The lowest BCUT2D eigenvalue weighted by molar-refractivity contribution is 0.571. The van der Waals surface area contributed by atoms with E-state index in [9.17, 15) is 10.1 Å². The van der Waals surface area contributed by atoms with Gasteiger partial charge >= 0.3 is 0 Å². The Morgan fingerprint density at radius 1 is 1.57 bits per heavy atom. The van der Waals surface area contributed by atoms with Gasteiger partial charge in [-0.1, -0.05) is 0 Å². The van der Waals surface area contributed by atoms with Crippen LogP contribution >= 0.6 is 0 Å². The van der Waals surface area contributed by atoms with Gasteiger partial charge in [-0.3, -0.25) is 4.79 Å². The quantitative estimate of drug-likeness (QED) is 0.747. The first kappa shape index (κ1) is 13.1. The van der Waals surface area contributed by atoms with E-state index in [1.54, 1.807) is 16.9 Å². The van der Waals surface area contributed by atoms with Gasteiger partial charge < -0.3 is 19.7 Å². The highest BCUT2D eigenvalue weighted by atomic mass is 16.3. The summed E-state index contributed by atoms with van der Waals surface area (Å²) in [7, 11) is 0. The average molecular weight is 283 g/mol. The van der Waals surface area contributed by atoms with Crippen molar-refractivity contribution in [1.29, 1.82) is 5.26 Å². The van der Waals surface area contributed by atoms with E-state index in [0.717, 1.165) is 5.56 Å². The Labute approximate surface area is 119 Å². The van der Waals surface area contributed by atoms with Crippen LogP contribution in [0.5, 0.6) is 0 Å². The minimum atomic E-state index is -0.305. The number of fused-ring (bicyclic) bond motifs is 1. The second-order valence-electron chi connectivity index (χ2n) is 4.64. The lowest BCUT2D eigenvalue weighted by atomic mass is 10.1. The fourth-order valence-electron chi connectivity index (χ4n) is 2.49. The topological polar surface area (TPSA) is 114 Å². The molecule has 0 aliphatic heterocycles. The highest BCUT2D eigenvalue weighted by Gasteiger charge is 2.24. The number of nitrogens with zero attached hydrogens (tertiary/aromatic N) is 3. The van der Waals surface area contributed by atoms with Crippen LogP contribution in [0.2, 0.25) is 0 Å². The molecule has 106 valence electrons. The molecule has 0 aliphatic rings. The summed E-state index contributed by atoms with van der Waals surface area (Å²) in [4.78, 5) is 18.8. The summed E-state index contributed by atoms with van der Waals surface area (Å²) in [5.74, 6) is 0.553. The number of hydrogen-bond acceptors (Lipinski definition) is 5. The van der Waals surface area contributed by atoms with Crippen LogP contribution in [0.4, 0.5) is 0 Å². The van der Waals surface area contributed by atoms with Gasteiger partial charge in [-0.2, -0.15) is 5.26 Å². The van der Waals surface area contributed by atoms with Crippen molar-refractivity contribution in [3.05, 3.63) is 40.1 Å². The van der Waals surface area contributed by atoms with E-state index in [0.29, 0.717) is 41.1 Å². The summed E-state index contributed by atoms with van der Waals surface area (Å²) in [6, 6.07) is 3.93. The molecule has 3 rings (SSSR count). The lowest BCUT2D eigenvalue weighted by Crippen LogP contribution is -2.16. The molecule has 3 heterocycles. The van der Waals surface area contributed by atoms with Gasteiger partial charge in [0.1, 0.15) is 28.4 Å². The third-order valence-electron chi connectivity index (χ3n) is 3.38. The van der Waals surface area contributed by atoms with Crippen molar-refractivity contribution in [1.82, 2.24) is 14.5 Å². The largest absolute Gasteiger partial charge is 0.462 e. The van der Waals surface area contributed by atoms with E-state index in [2.05, 4.69) is 16.0 Å². The van der Waals surface area contributed by atoms with Crippen LogP contribution < -0.4 is 11.3 Å². The molecule has 0 fully saturated rings. The molecule has 3 N–H and O–H groups in total. The number of nitriles is 1. The molecule has 0 amide bonds. The molecular formula is C14H13N5O2. The van der Waals surface area contributed by atoms with Crippen LogP contribution in [0.15, 0.2) is 27.9 Å². The Kier molecular flexibility index (Phi) is 3.08. The van der Waals surface area contributed by atoms with Gasteiger partial charge in [0, 0.05) is 13.1 Å². The van der Waals surface area contributed by atoms with Crippen LogP contribution in [0.3, 0.4) is 0 Å². The molecule has 7 nitrogen and oxygen atoms in total. The van der Waals surface area contributed by atoms with E-state index >= 15 is 0 Å². The molecule has 0 saturated carbocycles. The van der Waals surface area contributed by atoms with E-state index < -0.39 is 0 Å². The van der Waals surface area contributed by atoms with Gasteiger partial charge in [0.25, 0.3) is 5.56 Å². The number of H-pyrrole nitrogens is 1. The van der Waals surface area contributed by atoms with Gasteiger partial charge in [0.15, 0.2) is 5.76 Å². The monoisotopic (exact) mass is 283 g/mol. The van der Waals surface area contributed by atoms with E-state index in [1.807, 2.05) is 6.92 Å². The number of nitrogens with two attached hydrogens (primary N) is 1. The van der Waals surface area contributed by atoms with Gasteiger partial charge in [0.05, 0.1) is 12.6 Å². The first-order valence-electron chi connectivity index (χ1n) is 6.43. The Balaban J connectivity index is 2.51. The predicted octanol–water partition coefficient (Wildman–Crippen LogP) is 1.12. The number of aromatic nitrogens is 3. The molecule has 7 heteroatoms. The molecule has 3 aromatic rings. The van der Waals surface area contributed by atoms with Crippen molar-refractivity contribution in [3.8, 4) is 17.5 Å². The smallest absolute Gasteiger partial charge is 0.275 e. The second-order valence-corrected chi connectivity index (χ2v) is 4.64. The first-order valence-corrected chi connectivity index (χ1v) is 6.43. The fraction of sp³-hybridized carbons (Fsp3) is 0.214. The molecule has 0 aromatic carbocycles. The number of rotatable bonds is 3. The normalized spacial score (nSPS) is 10.9. The van der Waals surface area contributed by atoms with Crippen molar-refractivity contribution in [2.45, 2.75) is 13.5 Å². The molecular weight excluding hydrogens is 270 g/mol. The van der Waals surface area contributed by atoms with Crippen LogP contribution in [0.1, 0.15) is 11.1 Å². The Hall–Kier alpha value is -2.85. The van der Waals surface area contributed by atoms with E-state index in [-0.39, 0.29) is 5.56 Å². The third kappa shape index (κ3) is 1.85. The maximum atomic E-state index is 12.1. The Bertz CT molecular complexity index is 910. The summed E-state index contributed by atoms with van der Waals surface area (Å²) in [5, 5.41) is 9.49. The van der Waals surface area contributed by atoms with Gasteiger partial charge in [0.2, 0.25) is 0 Å². The highest BCUT2D eigenvalue weighted by Crippen LogP contribution is 2.33. The summed E-state index contributed by atoms with van der Waals surface area (Å²) < 4.78 is 7.20. The lowest BCUT2D eigenvalue weighted by Gasteiger charge is -2.07. The summed E-state index contributed by atoms with van der Waals surface area (Å²) >= 11 is 0. The van der Waals surface area contributed by atoms with E-state index in [4.69, 9.17) is 10.2 Å². The zero-order valence-corrected chi connectivity index (χ0v) is 11.4. The standard InChI is InChI=1S/C14H13N5O2/c1-8-2-5-21-13(8)11-9(6-16)10-12(19(11)4-3-15)14(20)18-7-17-10/h2,5,7H,3-4,15H2,1H3,(H,17,18,20). The van der Waals surface area contributed by atoms with Crippen LogP contribution in [0.25, 0.3) is 22.5 Å². The minimum absolute atomic E-state index is 0.305. The number of nitrogens with one attached hydrogen (secondary N) is 1. The maximum Gasteiger partial charge on any atom is 0.275 e. The van der Waals surface area contributed by atoms with Crippen LogP contribution in [-0.2, 0) is 6.54 Å². The predicted molar refractivity (Wildman–Crippen MR) is 76.6 cm³/mol. The van der Waals surface area contributed by atoms with Crippen molar-refractivity contribution in [2.24, 2.45) is 5.73 Å². The summed E-state index contributed by atoms with van der Waals surface area (Å²) in [5.41, 5.74) is 7.79. The Morgan fingerprint density at radius 2 is 2.38 bits per heavy atom. The minimum Gasteiger partial charge on any atom is -0.462 e. The molecule has 0 unspecified atom stereocenters. The zero-order chi connectivity index (χ0) is 15.0. The summed E-state index contributed by atoms with van der Waals surface area (Å²) in [6.45, 7) is 2.60. The van der Waals surface area contributed by atoms with Gasteiger partial charge in [-0.15, -0.1) is 0 Å². The number of hydrogen-bond donors (Lipinski definition) is 2. The molecule has 3 aromatic heterocycles. The SMILES string of the molecule is Cc1ccoc1-c1c(C#N)c2nc[nH]c(=O)c2n1CCN. The molecule has 0 spiro atoms. The molecule has 0 bridgehead atoms. The number of aryl methyl sites for hydroxylation is 1.